The molecule has 0 fully saturated rings. The summed E-state index contributed by atoms with van der Waals surface area (Å²) in [4.78, 5) is 12.7. The predicted molar refractivity (Wildman–Crippen MR) is 98.9 cm³/mol. The van der Waals surface area contributed by atoms with E-state index < -0.39 is 12.5 Å². The number of aromatic nitrogens is 5. The molecule has 0 bridgehead atoms. The Balaban J connectivity index is 1.69. The van der Waals surface area contributed by atoms with Crippen molar-refractivity contribution in [1.29, 1.82) is 0 Å². The van der Waals surface area contributed by atoms with E-state index in [1.807, 2.05) is 0 Å². The van der Waals surface area contributed by atoms with E-state index in [9.17, 15) is 8.78 Å². The molecule has 4 aromatic heterocycles. The van der Waals surface area contributed by atoms with E-state index >= 15 is 0 Å². The lowest BCUT2D eigenvalue weighted by molar-refractivity contribution is 0.428. The second-order valence-electron chi connectivity index (χ2n) is 6.01. The number of nitrogens with zero attached hydrogens (tertiary/aromatic N) is 5. The summed E-state index contributed by atoms with van der Waals surface area (Å²) >= 11 is 0. The molecule has 4 heterocycles. The summed E-state index contributed by atoms with van der Waals surface area (Å²) in [7, 11) is 0. The quantitative estimate of drug-likeness (QED) is 0.577. The molecule has 0 atom stereocenters. The van der Waals surface area contributed by atoms with Crippen LogP contribution < -0.4 is 5.32 Å². The van der Waals surface area contributed by atoms with Crippen LogP contribution in [0.3, 0.4) is 0 Å². The molecule has 1 N–H and O–H groups in total. The maximum absolute atomic E-state index is 14.1. The van der Waals surface area contributed by atoms with Gasteiger partial charge in [0.15, 0.2) is 5.82 Å². The van der Waals surface area contributed by atoms with Crippen LogP contribution >= 0.6 is 0 Å². The number of pyridine rings is 3. The molecule has 4 rings (SSSR count). The fourth-order valence-electron chi connectivity index (χ4n) is 2.78. The summed E-state index contributed by atoms with van der Waals surface area (Å²) in [6, 6.07) is 8.25. The number of halogens is 2. The first kappa shape index (κ1) is 17.0. The van der Waals surface area contributed by atoms with Crippen molar-refractivity contribution in [3.05, 3.63) is 60.4 Å². The van der Waals surface area contributed by atoms with Crippen molar-refractivity contribution in [3.63, 3.8) is 0 Å². The molecular formula is C19H16F2N6. The zero-order valence-electron chi connectivity index (χ0n) is 14.5. The van der Waals surface area contributed by atoms with Crippen LogP contribution in [0, 0.1) is 12.7 Å². The third kappa shape index (κ3) is 3.46. The number of anilines is 2. The summed E-state index contributed by atoms with van der Waals surface area (Å²) in [6.07, 6.45) is 4.93. The first-order valence-corrected chi connectivity index (χ1v) is 8.39. The minimum absolute atomic E-state index is 0.174. The lowest BCUT2D eigenvalue weighted by Crippen LogP contribution is -2.00. The van der Waals surface area contributed by atoms with Gasteiger partial charge in [-0.1, -0.05) is 0 Å². The molecule has 27 heavy (non-hydrogen) atoms. The van der Waals surface area contributed by atoms with Crippen molar-refractivity contribution in [2.24, 2.45) is 0 Å². The van der Waals surface area contributed by atoms with E-state index in [0.29, 0.717) is 33.8 Å². The molecule has 0 aliphatic rings. The van der Waals surface area contributed by atoms with Gasteiger partial charge in [-0.3, -0.25) is 14.6 Å². The SMILES string of the molecule is Cc1ccc(F)c(-c2cc(Nc3ccnc4cn(CCF)nc34)ccn2)n1. The zero-order chi connectivity index (χ0) is 18.8. The van der Waals surface area contributed by atoms with Crippen molar-refractivity contribution >= 4 is 22.4 Å². The number of fused-ring (bicyclic) bond motifs is 1. The summed E-state index contributed by atoms with van der Waals surface area (Å²) in [5, 5.41) is 7.62. The molecule has 136 valence electrons. The lowest BCUT2D eigenvalue weighted by atomic mass is 10.2. The smallest absolute Gasteiger partial charge is 0.151 e. The molecule has 4 aromatic rings. The van der Waals surface area contributed by atoms with Crippen molar-refractivity contribution in [1.82, 2.24) is 24.7 Å². The Hall–Kier alpha value is -3.42. The van der Waals surface area contributed by atoms with Gasteiger partial charge in [-0.2, -0.15) is 5.10 Å². The second kappa shape index (κ2) is 7.06. The molecule has 8 heteroatoms. The third-order valence-electron chi connectivity index (χ3n) is 4.03. The van der Waals surface area contributed by atoms with Crippen molar-refractivity contribution in [2.75, 3.05) is 12.0 Å². The van der Waals surface area contributed by atoms with Crippen LogP contribution in [-0.2, 0) is 6.54 Å². The van der Waals surface area contributed by atoms with Gasteiger partial charge in [-0.05, 0) is 37.3 Å². The molecule has 0 saturated heterocycles. The monoisotopic (exact) mass is 366 g/mol. The number of nitrogens with one attached hydrogen (secondary N) is 1. The van der Waals surface area contributed by atoms with Gasteiger partial charge in [0.1, 0.15) is 23.4 Å². The fraction of sp³-hybridized carbons (Fsp3) is 0.158. The third-order valence-corrected chi connectivity index (χ3v) is 4.03. The molecule has 0 unspecified atom stereocenters. The summed E-state index contributed by atoms with van der Waals surface area (Å²) in [5.41, 5.74) is 4.04. The fourth-order valence-corrected chi connectivity index (χ4v) is 2.78. The number of aryl methyl sites for hydroxylation is 2. The van der Waals surface area contributed by atoms with Crippen LogP contribution in [-0.4, -0.2) is 31.4 Å². The number of hydrogen-bond acceptors (Lipinski definition) is 5. The molecule has 0 saturated carbocycles. The Morgan fingerprint density at radius 2 is 1.96 bits per heavy atom. The van der Waals surface area contributed by atoms with E-state index in [1.165, 1.54) is 10.7 Å². The van der Waals surface area contributed by atoms with Crippen LogP contribution in [0.25, 0.3) is 22.4 Å². The van der Waals surface area contributed by atoms with Gasteiger partial charge in [-0.25, -0.2) is 13.8 Å². The molecule has 0 radical (unpaired) electrons. The van der Waals surface area contributed by atoms with Gasteiger partial charge >= 0.3 is 0 Å². The summed E-state index contributed by atoms with van der Waals surface area (Å²) < 4.78 is 28.2. The summed E-state index contributed by atoms with van der Waals surface area (Å²) in [6.45, 7) is 1.47. The van der Waals surface area contributed by atoms with E-state index in [1.54, 1.807) is 49.8 Å². The average Bonchev–Trinajstić information content (AvgIpc) is 3.08. The first-order chi connectivity index (χ1) is 13.1. The zero-order valence-corrected chi connectivity index (χ0v) is 14.5. The van der Waals surface area contributed by atoms with Crippen molar-refractivity contribution in [2.45, 2.75) is 13.5 Å². The van der Waals surface area contributed by atoms with E-state index in [-0.39, 0.29) is 12.2 Å². The normalized spacial score (nSPS) is 11.1. The maximum Gasteiger partial charge on any atom is 0.151 e. The van der Waals surface area contributed by atoms with Gasteiger partial charge in [0.05, 0.1) is 24.1 Å². The van der Waals surface area contributed by atoms with Crippen LogP contribution in [0.2, 0.25) is 0 Å². The standard InChI is InChI=1S/C19H16F2N6/c1-12-2-3-14(21)18(24-12)16-10-13(4-7-22-16)25-15-5-8-23-17-11-27(9-6-20)26-19(15)17/h2-5,7-8,10-11H,6,9H2,1H3,(H,22,25). The highest BCUT2D eigenvalue weighted by molar-refractivity contribution is 5.89. The Morgan fingerprint density at radius 1 is 1.11 bits per heavy atom. The number of alkyl halides is 1. The van der Waals surface area contributed by atoms with E-state index in [0.717, 1.165) is 0 Å². The minimum Gasteiger partial charge on any atom is -0.353 e. The Morgan fingerprint density at radius 3 is 2.81 bits per heavy atom. The second-order valence-corrected chi connectivity index (χ2v) is 6.01. The highest BCUT2D eigenvalue weighted by Crippen LogP contribution is 2.26. The molecule has 0 amide bonds. The van der Waals surface area contributed by atoms with Crippen LogP contribution in [0.1, 0.15) is 5.69 Å². The highest BCUT2D eigenvalue weighted by atomic mass is 19.1. The van der Waals surface area contributed by atoms with E-state index in [4.69, 9.17) is 0 Å². The van der Waals surface area contributed by atoms with Gasteiger partial charge in [0.25, 0.3) is 0 Å². The lowest BCUT2D eigenvalue weighted by Gasteiger charge is -2.09. The molecular weight excluding hydrogens is 350 g/mol. The van der Waals surface area contributed by atoms with E-state index in [2.05, 4.69) is 25.4 Å². The predicted octanol–water partition coefficient (Wildman–Crippen LogP) is 4.05. The van der Waals surface area contributed by atoms with Crippen molar-refractivity contribution < 1.29 is 8.78 Å². The van der Waals surface area contributed by atoms with Crippen LogP contribution in [0.5, 0.6) is 0 Å². The molecule has 0 aliphatic heterocycles. The average molecular weight is 366 g/mol. The molecule has 0 spiro atoms. The number of rotatable bonds is 5. The Bertz CT molecular complexity index is 1110. The van der Waals surface area contributed by atoms with Gasteiger partial charge in [0, 0.05) is 23.8 Å². The maximum atomic E-state index is 14.1. The number of hydrogen-bond donors (Lipinski definition) is 1. The van der Waals surface area contributed by atoms with Gasteiger partial charge < -0.3 is 5.32 Å². The van der Waals surface area contributed by atoms with Gasteiger partial charge in [-0.15, -0.1) is 0 Å². The first-order valence-electron chi connectivity index (χ1n) is 8.39. The Kier molecular flexibility index (Phi) is 4.45. The largest absolute Gasteiger partial charge is 0.353 e. The molecule has 0 aromatic carbocycles. The minimum atomic E-state index is -0.500. The molecule has 0 aliphatic carbocycles. The van der Waals surface area contributed by atoms with Crippen LogP contribution in [0.4, 0.5) is 20.2 Å². The topological polar surface area (TPSA) is 68.5 Å². The van der Waals surface area contributed by atoms with Crippen LogP contribution in [0.15, 0.2) is 48.9 Å². The van der Waals surface area contributed by atoms with Gasteiger partial charge in [0.2, 0.25) is 0 Å². The summed E-state index contributed by atoms with van der Waals surface area (Å²) in [5.74, 6) is -0.429. The van der Waals surface area contributed by atoms with Crippen molar-refractivity contribution in [3.8, 4) is 11.4 Å². The molecule has 6 nitrogen and oxygen atoms in total. The Labute approximate surface area is 153 Å². The highest BCUT2D eigenvalue weighted by Gasteiger charge is 2.11.